The fourth-order valence-electron chi connectivity index (χ4n) is 3.54. The second kappa shape index (κ2) is 12.2. The van der Waals surface area contributed by atoms with Gasteiger partial charge < -0.3 is 15.7 Å². The summed E-state index contributed by atoms with van der Waals surface area (Å²) in [7, 11) is 0. The second-order valence-electron chi connectivity index (χ2n) is 9.01. The zero-order valence-electron chi connectivity index (χ0n) is 20.3. The van der Waals surface area contributed by atoms with Crippen LogP contribution in [0.25, 0.3) is 5.57 Å². The number of primary amides is 1. The highest BCUT2D eigenvalue weighted by Gasteiger charge is 2.22. The van der Waals surface area contributed by atoms with Crippen molar-refractivity contribution in [3.8, 4) is 0 Å². The Hall–Kier alpha value is -3.32. The number of urea groups is 1. The molecule has 0 saturated heterocycles. The van der Waals surface area contributed by atoms with E-state index in [-0.39, 0.29) is 0 Å². The molecule has 2 rings (SSSR count). The molecule has 3 N–H and O–H groups in total. The van der Waals surface area contributed by atoms with Crippen LogP contribution in [0.3, 0.4) is 0 Å². The van der Waals surface area contributed by atoms with E-state index in [1.54, 1.807) is 37.3 Å². The van der Waals surface area contributed by atoms with Gasteiger partial charge in [-0.05, 0) is 59.7 Å². The predicted octanol–water partition coefficient (Wildman–Crippen LogP) is 5.87. The minimum absolute atomic E-state index is 0.375. The van der Waals surface area contributed by atoms with Gasteiger partial charge in [0.05, 0.1) is 17.6 Å². The van der Waals surface area contributed by atoms with Crippen LogP contribution in [0.15, 0.2) is 53.6 Å². The lowest BCUT2D eigenvalue weighted by molar-refractivity contribution is -0.131. The first-order valence-electron chi connectivity index (χ1n) is 11.2. The van der Waals surface area contributed by atoms with Crippen molar-refractivity contribution in [3.63, 3.8) is 0 Å². The number of carbonyl (C=O) groups excluding carboxylic acids is 1. The molecule has 34 heavy (non-hydrogen) atoms. The number of nitrogens with zero attached hydrogens (tertiary/aromatic N) is 3. The Morgan fingerprint density at radius 3 is 2.12 bits per heavy atom. The molecule has 2 amide bonds. The van der Waals surface area contributed by atoms with Gasteiger partial charge in [-0.1, -0.05) is 57.5 Å². The lowest BCUT2D eigenvalue weighted by atomic mass is 10.0. The quantitative estimate of drug-likeness (QED) is 0.250. The first kappa shape index (κ1) is 26.9. The van der Waals surface area contributed by atoms with Crippen LogP contribution >= 0.6 is 11.6 Å². The van der Waals surface area contributed by atoms with Crippen LogP contribution in [0.2, 0.25) is 5.02 Å². The van der Waals surface area contributed by atoms with E-state index in [1.807, 2.05) is 12.1 Å². The van der Waals surface area contributed by atoms with Gasteiger partial charge in [0.1, 0.15) is 0 Å². The standard InChI is InChI=1S/C26H33ClN4O3/c1-17(2)15-30(16-18(3)4)23-11-8-21(19(5)12-25(32)33)13-24(23)31(26(28)34)29-14-20-6-9-22(27)10-7-20/h6-14,17-18H,15-16H2,1-5H3,(H2,28,34)(H,32,33)/b19-12+,29-14+. The number of benzene rings is 2. The lowest BCUT2D eigenvalue weighted by Gasteiger charge is -2.32. The molecular weight excluding hydrogens is 452 g/mol. The minimum Gasteiger partial charge on any atom is -0.478 e. The number of hydrogen-bond acceptors (Lipinski definition) is 4. The summed E-state index contributed by atoms with van der Waals surface area (Å²) in [6, 6.07) is 11.8. The molecule has 0 fully saturated rings. The summed E-state index contributed by atoms with van der Waals surface area (Å²) in [5.41, 5.74) is 8.98. The molecule has 0 bridgehead atoms. The molecular formula is C26H33ClN4O3. The molecule has 0 unspecified atom stereocenters. The smallest absolute Gasteiger partial charge is 0.340 e. The normalized spacial score (nSPS) is 11.9. The van der Waals surface area contributed by atoms with Crippen LogP contribution in [0, 0.1) is 11.8 Å². The van der Waals surface area contributed by atoms with Gasteiger partial charge in [-0.15, -0.1) is 0 Å². The van der Waals surface area contributed by atoms with Gasteiger partial charge in [-0.25, -0.2) is 9.59 Å². The van der Waals surface area contributed by atoms with Gasteiger partial charge in [-0.3, -0.25) is 0 Å². The Balaban J connectivity index is 2.66. The summed E-state index contributed by atoms with van der Waals surface area (Å²) in [5, 5.41) is 15.3. The number of rotatable bonds is 10. The Morgan fingerprint density at radius 1 is 1.03 bits per heavy atom. The summed E-state index contributed by atoms with van der Waals surface area (Å²) in [6.45, 7) is 11.8. The largest absolute Gasteiger partial charge is 0.478 e. The zero-order valence-corrected chi connectivity index (χ0v) is 21.1. The molecule has 0 atom stereocenters. The van der Waals surface area contributed by atoms with Crippen molar-refractivity contribution in [2.45, 2.75) is 34.6 Å². The first-order valence-corrected chi connectivity index (χ1v) is 11.6. The third-order valence-corrected chi connectivity index (χ3v) is 5.16. The van der Waals surface area contributed by atoms with Gasteiger partial charge in [0.2, 0.25) is 0 Å². The number of halogens is 1. The van der Waals surface area contributed by atoms with E-state index in [0.717, 1.165) is 35.4 Å². The van der Waals surface area contributed by atoms with Crippen molar-refractivity contribution < 1.29 is 14.7 Å². The maximum absolute atomic E-state index is 12.5. The Bertz CT molecular complexity index is 1050. The Kier molecular flexibility index (Phi) is 9.69. The molecule has 0 saturated carbocycles. The summed E-state index contributed by atoms with van der Waals surface area (Å²) < 4.78 is 0. The van der Waals surface area contributed by atoms with Gasteiger partial charge in [0.15, 0.2) is 0 Å². The number of amides is 2. The van der Waals surface area contributed by atoms with Crippen molar-refractivity contribution in [2.24, 2.45) is 22.7 Å². The molecule has 0 aliphatic rings. The molecule has 0 aromatic heterocycles. The van der Waals surface area contributed by atoms with Crippen molar-refractivity contribution in [2.75, 3.05) is 23.0 Å². The van der Waals surface area contributed by atoms with Crippen LogP contribution in [0.1, 0.15) is 45.7 Å². The fourth-order valence-corrected chi connectivity index (χ4v) is 3.66. The number of carbonyl (C=O) groups is 2. The summed E-state index contributed by atoms with van der Waals surface area (Å²) >= 11 is 5.96. The minimum atomic E-state index is -1.04. The third-order valence-electron chi connectivity index (χ3n) is 4.91. The number of nitrogens with two attached hydrogens (primary N) is 1. The molecule has 0 aliphatic carbocycles. The maximum atomic E-state index is 12.5. The predicted molar refractivity (Wildman–Crippen MR) is 141 cm³/mol. The number of anilines is 2. The fraction of sp³-hybridized carbons (Fsp3) is 0.346. The highest BCUT2D eigenvalue weighted by molar-refractivity contribution is 6.30. The molecule has 0 heterocycles. The molecule has 8 heteroatoms. The number of hydrogen-bond donors (Lipinski definition) is 2. The summed E-state index contributed by atoms with van der Waals surface area (Å²) in [6.07, 6.45) is 2.66. The van der Waals surface area contributed by atoms with Crippen molar-refractivity contribution in [1.29, 1.82) is 0 Å². The molecule has 182 valence electrons. The number of carboxylic acids is 1. The second-order valence-corrected chi connectivity index (χ2v) is 9.44. The molecule has 7 nitrogen and oxygen atoms in total. The maximum Gasteiger partial charge on any atom is 0.340 e. The average Bonchev–Trinajstić information content (AvgIpc) is 2.73. The summed E-state index contributed by atoms with van der Waals surface area (Å²) in [4.78, 5) is 26.0. The van der Waals surface area contributed by atoms with E-state index in [2.05, 4.69) is 37.7 Å². The molecule has 0 aliphatic heterocycles. The van der Waals surface area contributed by atoms with Crippen LogP contribution < -0.4 is 15.6 Å². The van der Waals surface area contributed by atoms with Gasteiger partial charge >= 0.3 is 12.0 Å². The highest BCUT2D eigenvalue weighted by atomic mass is 35.5. The first-order chi connectivity index (χ1) is 16.0. The highest BCUT2D eigenvalue weighted by Crippen LogP contribution is 2.34. The topological polar surface area (TPSA) is 99.2 Å². The summed E-state index contributed by atoms with van der Waals surface area (Å²) in [5.74, 6) is -0.295. The zero-order chi connectivity index (χ0) is 25.4. The van der Waals surface area contributed by atoms with Crippen molar-refractivity contribution in [3.05, 3.63) is 64.7 Å². The third kappa shape index (κ3) is 7.92. The van der Waals surface area contributed by atoms with E-state index < -0.39 is 12.0 Å². The Labute approximate surface area is 206 Å². The van der Waals surface area contributed by atoms with E-state index in [9.17, 15) is 14.7 Å². The number of allylic oxidation sites excluding steroid dienone is 1. The van der Waals surface area contributed by atoms with Gasteiger partial charge in [0, 0.05) is 24.2 Å². The number of hydrazone groups is 1. The number of aliphatic carboxylic acids is 1. The van der Waals surface area contributed by atoms with Crippen LogP contribution in [0.5, 0.6) is 0 Å². The van der Waals surface area contributed by atoms with E-state index >= 15 is 0 Å². The molecule has 2 aromatic carbocycles. The van der Waals surface area contributed by atoms with E-state index in [1.165, 1.54) is 6.21 Å². The lowest BCUT2D eigenvalue weighted by Crippen LogP contribution is -2.36. The molecule has 2 aromatic rings. The number of carboxylic acid groups (broad SMARTS) is 1. The van der Waals surface area contributed by atoms with Crippen LogP contribution in [0.4, 0.5) is 16.2 Å². The van der Waals surface area contributed by atoms with Gasteiger partial charge in [0.25, 0.3) is 0 Å². The monoisotopic (exact) mass is 484 g/mol. The molecule has 0 radical (unpaired) electrons. The van der Waals surface area contributed by atoms with E-state index in [0.29, 0.717) is 33.7 Å². The average molecular weight is 485 g/mol. The van der Waals surface area contributed by atoms with E-state index in [4.69, 9.17) is 17.3 Å². The van der Waals surface area contributed by atoms with Crippen LogP contribution in [-0.4, -0.2) is 36.4 Å². The molecule has 0 spiro atoms. The van der Waals surface area contributed by atoms with Crippen molar-refractivity contribution >= 4 is 46.8 Å². The Morgan fingerprint density at radius 2 is 1.62 bits per heavy atom. The SMILES string of the molecule is C/C(=C\C(=O)O)c1ccc(N(CC(C)C)CC(C)C)c(N(/N=C/c2ccc(Cl)cc2)C(N)=O)c1. The van der Waals surface area contributed by atoms with Gasteiger partial charge in [-0.2, -0.15) is 10.1 Å². The van der Waals surface area contributed by atoms with Crippen LogP contribution in [-0.2, 0) is 4.79 Å². The van der Waals surface area contributed by atoms with Crippen molar-refractivity contribution in [1.82, 2.24) is 0 Å².